The van der Waals surface area contributed by atoms with Crippen LogP contribution < -0.4 is 5.32 Å². The van der Waals surface area contributed by atoms with E-state index in [1.807, 2.05) is 6.08 Å². The monoisotopic (exact) mass is 1180 g/mol. The summed E-state index contributed by atoms with van der Waals surface area (Å²) >= 11 is 0. The second kappa shape index (κ2) is 73.3. The molecular weight excluding hydrogens is 1030 g/mol. The van der Waals surface area contributed by atoms with Gasteiger partial charge >= 0.3 is 5.97 Å². The Balaban J connectivity index is 3.38. The second-order valence-electron chi connectivity index (χ2n) is 26.0. The minimum Gasteiger partial charge on any atom is -0.466 e. The molecule has 0 aliphatic heterocycles. The number of aliphatic hydroxyl groups excluding tert-OH is 2. The van der Waals surface area contributed by atoms with Crippen LogP contribution in [0, 0.1) is 0 Å². The van der Waals surface area contributed by atoms with Crippen molar-refractivity contribution in [2.75, 3.05) is 13.2 Å². The van der Waals surface area contributed by atoms with Crippen LogP contribution in [0.25, 0.3) is 0 Å². The number of hydrogen-bond acceptors (Lipinski definition) is 5. The Kier molecular flexibility index (Phi) is 71.4. The lowest BCUT2D eigenvalue weighted by molar-refractivity contribution is -0.143. The molecule has 494 valence electrons. The molecule has 3 N–H and O–H groups in total. The van der Waals surface area contributed by atoms with E-state index in [0.717, 1.165) is 51.4 Å². The van der Waals surface area contributed by atoms with Crippen LogP contribution in [-0.2, 0) is 14.3 Å². The van der Waals surface area contributed by atoms with E-state index in [1.54, 1.807) is 6.08 Å². The van der Waals surface area contributed by atoms with Crippen LogP contribution in [0.3, 0.4) is 0 Å². The van der Waals surface area contributed by atoms with E-state index in [2.05, 4.69) is 55.6 Å². The maximum absolute atomic E-state index is 12.5. The third-order valence-corrected chi connectivity index (χ3v) is 17.6. The van der Waals surface area contributed by atoms with Gasteiger partial charge in [0.05, 0.1) is 25.4 Å². The van der Waals surface area contributed by atoms with Crippen LogP contribution in [0.5, 0.6) is 0 Å². The SMILES string of the molecule is CCCCCC/C=C\C/C=C\CCCCCCCC(=O)OCCCCCCCCCCCCCC/C=C\CCCCCCCCCCCCCCCCCCC(=O)NC(CO)C(O)/C=C/CCCCCCCCCCCCCCCCCCC. The summed E-state index contributed by atoms with van der Waals surface area (Å²) in [7, 11) is 0. The lowest BCUT2D eigenvalue weighted by atomic mass is 10.0. The van der Waals surface area contributed by atoms with Gasteiger partial charge in [0.25, 0.3) is 0 Å². The molecule has 6 nitrogen and oxygen atoms in total. The van der Waals surface area contributed by atoms with Gasteiger partial charge in [-0.1, -0.05) is 358 Å². The Morgan fingerprint density at radius 2 is 0.595 bits per heavy atom. The first-order valence-corrected chi connectivity index (χ1v) is 37.9. The minimum atomic E-state index is -0.844. The molecule has 84 heavy (non-hydrogen) atoms. The molecule has 0 aliphatic carbocycles. The van der Waals surface area contributed by atoms with Gasteiger partial charge < -0.3 is 20.3 Å². The minimum absolute atomic E-state index is 0.00473. The smallest absolute Gasteiger partial charge is 0.305 e. The topological polar surface area (TPSA) is 95.9 Å². The number of esters is 1. The highest BCUT2D eigenvalue weighted by molar-refractivity contribution is 5.76. The molecule has 0 fully saturated rings. The molecule has 2 unspecified atom stereocenters. The van der Waals surface area contributed by atoms with E-state index in [1.165, 1.54) is 334 Å². The van der Waals surface area contributed by atoms with Gasteiger partial charge in [0.2, 0.25) is 5.91 Å². The van der Waals surface area contributed by atoms with Crippen molar-refractivity contribution in [3.05, 3.63) is 48.6 Å². The van der Waals surface area contributed by atoms with Crippen molar-refractivity contribution < 1.29 is 24.5 Å². The predicted molar refractivity (Wildman–Crippen MR) is 370 cm³/mol. The van der Waals surface area contributed by atoms with E-state index in [0.29, 0.717) is 19.4 Å². The average molecular weight is 1180 g/mol. The summed E-state index contributed by atoms with van der Waals surface area (Å²) in [5, 5.41) is 23.2. The van der Waals surface area contributed by atoms with Gasteiger partial charge in [-0.3, -0.25) is 9.59 Å². The van der Waals surface area contributed by atoms with Gasteiger partial charge in [-0.05, 0) is 89.9 Å². The highest BCUT2D eigenvalue weighted by atomic mass is 16.5. The van der Waals surface area contributed by atoms with Crippen molar-refractivity contribution >= 4 is 11.9 Å². The highest BCUT2D eigenvalue weighted by Gasteiger charge is 2.18. The molecule has 0 saturated carbocycles. The third kappa shape index (κ3) is 68.9. The van der Waals surface area contributed by atoms with Crippen molar-refractivity contribution in [3.63, 3.8) is 0 Å². The van der Waals surface area contributed by atoms with Crippen LogP contribution in [0.4, 0.5) is 0 Å². The van der Waals surface area contributed by atoms with E-state index in [-0.39, 0.29) is 18.5 Å². The largest absolute Gasteiger partial charge is 0.466 e. The van der Waals surface area contributed by atoms with Crippen LogP contribution in [0.15, 0.2) is 48.6 Å². The Hall–Kier alpha value is -2.18. The van der Waals surface area contributed by atoms with Gasteiger partial charge in [-0.2, -0.15) is 0 Å². The molecule has 0 aromatic carbocycles. The zero-order chi connectivity index (χ0) is 60.6. The molecule has 1 amide bonds. The predicted octanol–water partition coefficient (Wildman–Crippen LogP) is 24.8. The van der Waals surface area contributed by atoms with Gasteiger partial charge in [-0.25, -0.2) is 0 Å². The van der Waals surface area contributed by atoms with Crippen LogP contribution in [0.1, 0.15) is 412 Å². The summed E-state index contributed by atoms with van der Waals surface area (Å²) in [6, 6.07) is -0.627. The van der Waals surface area contributed by atoms with Gasteiger partial charge in [0.15, 0.2) is 0 Å². The van der Waals surface area contributed by atoms with Crippen molar-refractivity contribution in [1.29, 1.82) is 0 Å². The van der Waals surface area contributed by atoms with Crippen molar-refractivity contribution in [2.24, 2.45) is 0 Å². The summed E-state index contributed by atoms with van der Waals surface area (Å²) in [4.78, 5) is 24.6. The molecule has 6 heteroatoms. The first-order chi connectivity index (χ1) is 41.5. The van der Waals surface area contributed by atoms with Crippen molar-refractivity contribution in [3.8, 4) is 0 Å². The molecule has 2 atom stereocenters. The number of aliphatic hydroxyl groups is 2. The Labute approximate surface area is 525 Å². The number of rotatable bonds is 71. The molecule has 0 saturated heterocycles. The summed E-state index contributed by atoms with van der Waals surface area (Å²) in [6.45, 7) is 4.92. The third-order valence-electron chi connectivity index (χ3n) is 17.6. The molecule has 0 aromatic rings. The molecule has 0 aliphatic rings. The normalized spacial score (nSPS) is 12.8. The standard InChI is InChI=1S/C78H147NO5/c1-3-5-7-9-11-13-15-17-19-21-36-39-42-46-50-54-58-62-66-70-76(81)75(74-80)79-77(82)71-67-63-59-55-51-47-43-40-37-34-32-30-28-26-24-22-23-25-27-29-31-33-35-38-41-45-49-53-57-61-65-69-73-84-78(83)72-68-64-60-56-52-48-44-20-18-16-14-12-10-8-6-4-2/h14,16,20,25,27,44,66,70,75-76,80-81H,3-13,15,17-19,21-24,26,28-43,45-65,67-69,71-74H2,1-2H3,(H,79,82)/b16-14-,27-25-,44-20-,70-66+. The maximum atomic E-state index is 12.5. The fourth-order valence-corrected chi connectivity index (χ4v) is 11.8. The molecule has 0 rings (SSSR count). The number of hydrogen-bond donors (Lipinski definition) is 3. The van der Waals surface area contributed by atoms with E-state index >= 15 is 0 Å². The lowest BCUT2D eigenvalue weighted by Gasteiger charge is -2.20. The maximum Gasteiger partial charge on any atom is 0.305 e. The van der Waals surface area contributed by atoms with Crippen LogP contribution >= 0.6 is 0 Å². The molecule has 0 spiro atoms. The molecule has 0 radical (unpaired) electrons. The fourth-order valence-electron chi connectivity index (χ4n) is 11.8. The first kappa shape index (κ1) is 81.8. The number of unbranched alkanes of at least 4 members (excludes halogenated alkanes) is 54. The molecule has 0 bridgehead atoms. The van der Waals surface area contributed by atoms with E-state index < -0.39 is 12.1 Å². The van der Waals surface area contributed by atoms with E-state index in [4.69, 9.17) is 4.74 Å². The molecular formula is C78H147NO5. The van der Waals surface area contributed by atoms with Gasteiger partial charge in [-0.15, -0.1) is 0 Å². The summed E-state index contributed by atoms with van der Waals surface area (Å²) < 4.78 is 5.49. The van der Waals surface area contributed by atoms with E-state index in [9.17, 15) is 19.8 Å². The fraction of sp³-hybridized carbons (Fsp3) is 0.872. The summed E-state index contributed by atoms with van der Waals surface area (Å²) in [6.07, 6.45) is 96.4. The number of ether oxygens (including phenoxy) is 1. The Morgan fingerprint density at radius 3 is 0.929 bits per heavy atom. The zero-order valence-corrected chi connectivity index (χ0v) is 56.6. The number of carbonyl (C=O) groups excluding carboxylic acids is 2. The number of carbonyl (C=O) groups is 2. The molecule has 0 aromatic heterocycles. The van der Waals surface area contributed by atoms with Crippen LogP contribution in [0.2, 0.25) is 0 Å². The van der Waals surface area contributed by atoms with Crippen molar-refractivity contribution in [1.82, 2.24) is 5.32 Å². The second-order valence-corrected chi connectivity index (χ2v) is 26.0. The number of amides is 1. The van der Waals surface area contributed by atoms with Crippen molar-refractivity contribution in [2.45, 2.75) is 424 Å². The summed E-state index contributed by atoms with van der Waals surface area (Å²) in [5.74, 6) is -0.0573. The van der Waals surface area contributed by atoms with Gasteiger partial charge in [0.1, 0.15) is 0 Å². The highest BCUT2D eigenvalue weighted by Crippen LogP contribution is 2.19. The van der Waals surface area contributed by atoms with Gasteiger partial charge in [0, 0.05) is 12.8 Å². The first-order valence-electron chi connectivity index (χ1n) is 37.9. The quantitative estimate of drug-likeness (QED) is 0.0320. The zero-order valence-electron chi connectivity index (χ0n) is 56.6. The Bertz CT molecular complexity index is 1400. The summed E-state index contributed by atoms with van der Waals surface area (Å²) in [5.41, 5.74) is 0. The molecule has 0 heterocycles. The number of allylic oxidation sites excluding steroid dienone is 7. The average Bonchev–Trinajstić information content (AvgIpc) is 3.53. The van der Waals surface area contributed by atoms with Crippen LogP contribution in [-0.4, -0.2) is 47.4 Å². The number of nitrogens with one attached hydrogen (secondary N) is 1. The lowest BCUT2D eigenvalue weighted by Crippen LogP contribution is -2.45. The Morgan fingerprint density at radius 1 is 0.333 bits per heavy atom.